The maximum Gasteiger partial charge on any atom is 0.00723 e. The van der Waals surface area contributed by atoms with Gasteiger partial charge in [0.15, 0.2) is 0 Å². The lowest BCUT2D eigenvalue weighted by atomic mass is 9.78. The van der Waals surface area contributed by atoms with Crippen LogP contribution in [0, 0.1) is 17.8 Å². The molecule has 2 saturated carbocycles. The number of rotatable bonds is 3. The first-order chi connectivity index (χ1) is 7.66. The molecule has 0 radical (unpaired) electrons. The summed E-state index contributed by atoms with van der Waals surface area (Å²) in [4.78, 5) is 0. The van der Waals surface area contributed by atoms with Crippen LogP contribution in [0.3, 0.4) is 0 Å². The first-order valence-electron chi connectivity index (χ1n) is 7.43. The van der Waals surface area contributed by atoms with Gasteiger partial charge in [-0.1, -0.05) is 26.7 Å². The Morgan fingerprint density at radius 1 is 0.938 bits per heavy atom. The van der Waals surface area contributed by atoms with E-state index in [9.17, 15) is 0 Å². The zero-order chi connectivity index (χ0) is 11.5. The van der Waals surface area contributed by atoms with Crippen LogP contribution >= 0.6 is 0 Å². The van der Waals surface area contributed by atoms with Crippen LogP contribution in [-0.4, -0.2) is 12.1 Å². The van der Waals surface area contributed by atoms with Crippen LogP contribution in [0.15, 0.2) is 0 Å². The summed E-state index contributed by atoms with van der Waals surface area (Å²) >= 11 is 0. The second-order valence-corrected chi connectivity index (χ2v) is 6.46. The van der Waals surface area contributed by atoms with E-state index < -0.39 is 0 Å². The first kappa shape index (κ1) is 12.4. The Morgan fingerprint density at radius 3 is 2.25 bits per heavy atom. The van der Waals surface area contributed by atoms with E-state index in [0.717, 1.165) is 29.8 Å². The quantitative estimate of drug-likeness (QED) is 0.763. The second-order valence-electron chi connectivity index (χ2n) is 6.46. The van der Waals surface area contributed by atoms with Crippen LogP contribution in [0.4, 0.5) is 0 Å². The van der Waals surface area contributed by atoms with Crippen molar-refractivity contribution in [1.29, 1.82) is 0 Å². The molecule has 1 heteroatoms. The third kappa shape index (κ3) is 3.00. The largest absolute Gasteiger partial charge is 0.311 e. The van der Waals surface area contributed by atoms with E-state index in [-0.39, 0.29) is 0 Å². The van der Waals surface area contributed by atoms with Gasteiger partial charge < -0.3 is 5.32 Å². The monoisotopic (exact) mass is 223 g/mol. The lowest BCUT2D eigenvalue weighted by molar-refractivity contribution is 0.203. The van der Waals surface area contributed by atoms with Gasteiger partial charge in [-0.2, -0.15) is 0 Å². The molecular formula is C15H29N. The minimum atomic E-state index is 0.758. The molecule has 0 aromatic carbocycles. The molecule has 4 atom stereocenters. The van der Waals surface area contributed by atoms with Gasteiger partial charge in [-0.15, -0.1) is 0 Å². The topological polar surface area (TPSA) is 12.0 Å². The van der Waals surface area contributed by atoms with Gasteiger partial charge in [-0.05, 0) is 56.8 Å². The molecule has 0 aromatic heterocycles. The molecule has 0 aromatic rings. The average molecular weight is 223 g/mol. The molecular weight excluding hydrogens is 194 g/mol. The highest BCUT2D eigenvalue weighted by atomic mass is 15.0. The fourth-order valence-electron chi connectivity index (χ4n) is 3.66. The number of hydrogen-bond donors (Lipinski definition) is 1. The lowest BCUT2D eigenvalue weighted by Gasteiger charge is -2.35. The highest BCUT2D eigenvalue weighted by molar-refractivity contribution is 4.85. The zero-order valence-corrected chi connectivity index (χ0v) is 11.3. The fourth-order valence-corrected chi connectivity index (χ4v) is 3.66. The minimum absolute atomic E-state index is 0.758. The van der Waals surface area contributed by atoms with E-state index in [1.807, 2.05) is 0 Å². The van der Waals surface area contributed by atoms with Crippen molar-refractivity contribution in [3.8, 4) is 0 Å². The summed E-state index contributed by atoms with van der Waals surface area (Å²) in [7, 11) is 0. The molecule has 0 saturated heterocycles. The summed E-state index contributed by atoms with van der Waals surface area (Å²) in [6.45, 7) is 7.26. The number of hydrogen-bond acceptors (Lipinski definition) is 1. The Hall–Kier alpha value is -0.0400. The van der Waals surface area contributed by atoms with Gasteiger partial charge in [0, 0.05) is 12.1 Å². The molecule has 0 amide bonds. The first-order valence-corrected chi connectivity index (χ1v) is 7.43. The molecule has 0 spiro atoms. The molecule has 2 rings (SSSR count). The van der Waals surface area contributed by atoms with Crippen molar-refractivity contribution in [2.45, 2.75) is 77.8 Å². The molecule has 2 fully saturated rings. The van der Waals surface area contributed by atoms with Crippen LogP contribution in [0.2, 0.25) is 0 Å². The summed E-state index contributed by atoms with van der Waals surface area (Å²) < 4.78 is 0. The van der Waals surface area contributed by atoms with Crippen LogP contribution in [0.25, 0.3) is 0 Å². The number of nitrogens with one attached hydrogen (secondary N) is 1. The average Bonchev–Trinajstić information content (AvgIpc) is 2.77. The molecule has 2 aliphatic carbocycles. The maximum atomic E-state index is 3.91. The highest BCUT2D eigenvalue weighted by Gasteiger charge is 2.28. The van der Waals surface area contributed by atoms with Gasteiger partial charge in [0.05, 0.1) is 0 Å². The Morgan fingerprint density at radius 2 is 1.62 bits per heavy atom. The second kappa shape index (κ2) is 5.53. The molecule has 0 heterocycles. The van der Waals surface area contributed by atoms with E-state index >= 15 is 0 Å². The molecule has 16 heavy (non-hydrogen) atoms. The molecule has 1 N–H and O–H groups in total. The van der Waals surface area contributed by atoms with E-state index in [2.05, 4.69) is 26.1 Å². The van der Waals surface area contributed by atoms with Crippen LogP contribution in [0.5, 0.6) is 0 Å². The van der Waals surface area contributed by atoms with E-state index in [0.29, 0.717) is 0 Å². The maximum absolute atomic E-state index is 3.91. The summed E-state index contributed by atoms with van der Waals surface area (Å²) in [6, 6.07) is 1.56. The highest BCUT2D eigenvalue weighted by Crippen LogP contribution is 2.32. The Labute approximate surface area is 101 Å². The fraction of sp³-hybridized carbons (Fsp3) is 1.00. The lowest BCUT2D eigenvalue weighted by Crippen LogP contribution is -2.43. The molecule has 94 valence electrons. The van der Waals surface area contributed by atoms with Crippen molar-refractivity contribution in [1.82, 2.24) is 5.32 Å². The molecule has 2 aliphatic rings. The van der Waals surface area contributed by atoms with Crippen molar-refractivity contribution in [3.63, 3.8) is 0 Å². The van der Waals surface area contributed by atoms with Gasteiger partial charge >= 0.3 is 0 Å². The molecule has 0 aliphatic heterocycles. The third-order valence-corrected chi connectivity index (χ3v) is 5.20. The third-order valence-electron chi connectivity index (χ3n) is 5.20. The molecule has 1 nitrogen and oxygen atoms in total. The molecule has 0 bridgehead atoms. The van der Waals surface area contributed by atoms with E-state index in [4.69, 9.17) is 0 Å². The van der Waals surface area contributed by atoms with E-state index in [1.165, 1.54) is 44.9 Å². The van der Waals surface area contributed by atoms with Crippen molar-refractivity contribution < 1.29 is 0 Å². The molecule has 3 unspecified atom stereocenters. The standard InChI is InChI=1S/C15H29N/c1-11-8-9-15(10-12(11)2)16-13(3)14-6-4-5-7-14/h11-16H,4-10H2,1-3H3/t11?,12?,13-,15?/m1/s1. The smallest absolute Gasteiger partial charge is 0.00723 e. The van der Waals surface area contributed by atoms with Crippen molar-refractivity contribution >= 4 is 0 Å². The Balaban J connectivity index is 1.76. The van der Waals surface area contributed by atoms with Gasteiger partial charge in [-0.25, -0.2) is 0 Å². The van der Waals surface area contributed by atoms with Crippen LogP contribution in [0.1, 0.15) is 65.7 Å². The van der Waals surface area contributed by atoms with Gasteiger partial charge in [0.25, 0.3) is 0 Å². The predicted octanol–water partition coefficient (Wildman–Crippen LogP) is 3.98. The van der Waals surface area contributed by atoms with Crippen LogP contribution < -0.4 is 5.32 Å². The Kier molecular flexibility index (Phi) is 4.29. The van der Waals surface area contributed by atoms with Gasteiger partial charge in [0.2, 0.25) is 0 Å². The van der Waals surface area contributed by atoms with Crippen molar-refractivity contribution in [2.24, 2.45) is 17.8 Å². The SMILES string of the molecule is CC1CCC(N[C@H](C)C2CCCC2)CC1C. The summed E-state index contributed by atoms with van der Waals surface area (Å²) in [6.07, 6.45) is 10.1. The van der Waals surface area contributed by atoms with E-state index in [1.54, 1.807) is 0 Å². The van der Waals surface area contributed by atoms with Crippen molar-refractivity contribution in [2.75, 3.05) is 0 Å². The Bertz CT molecular complexity index is 207. The summed E-state index contributed by atoms with van der Waals surface area (Å²) in [5, 5.41) is 3.91. The van der Waals surface area contributed by atoms with Crippen LogP contribution in [-0.2, 0) is 0 Å². The zero-order valence-electron chi connectivity index (χ0n) is 11.3. The summed E-state index contributed by atoms with van der Waals surface area (Å²) in [5.41, 5.74) is 0. The predicted molar refractivity (Wildman–Crippen MR) is 70.5 cm³/mol. The van der Waals surface area contributed by atoms with Crippen molar-refractivity contribution in [3.05, 3.63) is 0 Å². The normalized spacial score (nSPS) is 38.8. The van der Waals surface area contributed by atoms with Gasteiger partial charge in [0.1, 0.15) is 0 Å². The van der Waals surface area contributed by atoms with Gasteiger partial charge in [-0.3, -0.25) is 0 Å². The minimum Gasteiger partial charge on any atom is -0.311 e. The summed E-state index contributed by atoms with van der Waals surface area (Å²) in [5.74, 6) is 2.83.